The lowest BCUT2D eigenvalue weighted by molar-refractivity contribution is -0.984. The van der Waals surface area contributed by atoms with Crippen LogP contribution < -0.4 is 0 Å². The molecule has 31 heavy (non-hydrogen) atoms. The van der Waals surface area contributed by atoms with Gasteiger partial charge in [0.1, 0.15) is 18.7 Å². The summed E-state index contributed by atoms with van der Waals surface area (Å²) in [6, 6.07) is 13.9. The lowest BCUT2D eigenvalue weighted by Crippen LogP contribution is -2.67. The standard InChI is InChI=1S/C26H27F2N2O/c1-2-18-16-30(15-17-7-8-22(27)23(28)13-17)12-10-19(18)14-25(30)26(31)21-9-11-29-24-6-4-3-5-20(21)24/h2-9,11,13,18-19,25-26,31H,1,10,12,14-16H2/q+1/t18-,19-,25-,26+,30+/m0/s1. The summed E-state index contributed by atoms with van der Waals surface area (Å²) < 4.78 is 28.1. The summed E-state index contributed by atoms with van der Waals surface area (Å²) in [5.41, 5.74) is 2.52. The number of aliphatic hydroxyl groups excluding tert-OH is 1. The SMILES string of the molecule is C=C[C@H]1C[N@+]2(Cc3ccc(F)c(F)c3)CC[C@H]1C[C@H]2[C@H](O)c1ccnc2ccccc12. The van der Waals surface area contributed by atoms with E-state index in [9.17, 15) is 13.9 Å². The lowest BCUT2D eigenvalue weighted by atomic mass is 9.71. The number of quaternary nitrogens is 1. The van der Waals surface area contributed by atoms with Gasteiger partial charge in [-0.25, -0.2) is 8.78 Å². The molecule has 0 amide bonds. The Morgan fingerprint density at radius 2 is 2.00 bits per heavy atom. The van der Waals surface area contributed by atoms with Crippen LogP contribution in [-0.2, 0) is 6.54 Å². The van der Waals surface area contributed by atoms with Crippen molar-refractivity contribution in [2.45, 2.75) is 31.5 Å². The van der Waals surface area contributed by atoms with E-state index in [-0.39, 0.29) is 6.04 Å². The van der Waals surface area contributed by atoms with Gasteiger partial charge in [0.15, 0.2) is 11.6 Å². The van der Waals surface area contributed by atoms with E-state index >= 15 is 0 Å². The third kappa shape index (κ3) is 3.46. The van der Waals surface area contributed by atoms with Crippen LogP contribution in [0.4, 0.5) is 8.78 Å². The Hall–Kier alpha value is -2.63. The highest BCUT2D eigenvalue weighted by molar-refractivity contribution is 5.82. The highest BCUT2D eigenvalue weighted by Crippen LogP contribution is 2.48. The second-order valence-corrected chi connectivity index (χ2v) is 9.14. The van der Waals surface area contributed by atoms with Crippen molar-refractivity contribution in [2.75, 3.05) is 13.1 Å². The third-order valence-corrected chi connectivity index (χ3v) is 7.52. The van der Waals surface area contributed by atoms with Crippen molar-refractivity contribution < 1.29 is 18.4 Å². The Bertz CT molecular complexity index is 1130. The maximum Gasteiger partial charge on any atom is 0.159 e. The minimum absolute atomic E-state index is 0.0196. The molecular formula is C26H27F2N2O+. The molecule has 3 saturated heterocycles. The number of halogens is 2. The van der Waals surface area contributed by atoms with Crippen LogP contribution in [0.25, 0.3) is 10.9 Å². The summed E-state index contributed by atoms with van der Waals surface area (Å²) in [4.78, 5) is 4.44. The van der Waals surface area contributed by atoms with Gasteiger partial charge in [-0.15, -0.1) is 6.58 Å². The molecule has 1 aromatic heterocycles. The summed E-state index contributed by atoms with van der Waals surface area (Å²) in [5.74, 6) is -0.781. The second-order valence-electron chi connectivity index (χ2n) is 9.14. The molecule has 5 heteroatoms. The first-order chi connectivity index (χ1) is 15.0. The van der Waals surface area contributed by atoms with Crippen LogP contribution in [0, 0.1) is 23.5 Å². The number of fused-ring (bicyclic) bond motifs is 4. The molecular weight excluding hydrogens is 394 g/mol. The fourth-order valence-corrected chi connectivity index (χ4v) is 5.97. The van der Waals surface area contributed by atoms with Crippen LogP contribution in [-0.4, -0.2) is 33.7 Å². The molecule has 160 valence electrons. The summed E-state index contributed by atoms with van der Waals surface area (Å²) >= 11 is 0. The van der Waals surface area contributed by atoms with Gasteiger partial charge in [-0.1, -0.05) is 30.3 Å². The second kappa shape index (κ2) is 7.81. The van der Waals surface area contributed by atoms with Gasteiger partial charge < -0.3 is 9.59 Å². The van der Waals surface area contributed by atoms with E-state index in [0.29, 0.717) is 22.9 Å². The first kappa shape index (κ1) is 20.3. The zero-order valence-electron chi connectivity index (χ0n) is 17.4. The minimum atomic E-state index is -0.829. The number of para-hydroxylation sites is 1. The molecule has 0 radical (unpaired) electrons. The maximum atomic E-state index is 14.0. The van der Waals surface area contributed by atoms with Gasteiger partial charge >= 0.3 is 0 Å². The summed E-state index contributed by atoms with van der Waals surface area (Å²) in [6.07, 6.45) is 5.07. The molecule has 2 aromatic carbocycles. The van der Waals surface area contributed by atoms with Crippen molar-refractivity contribution in [2.24, 2.45) is 11.8 Å². The molecule has 2 bridgehead atoms. The Morgan fingerprint density at radius 1 is 1.16 bits per heavy atom. The van der Waals surface area contributed by atoms with Gasteiger partial charge in [0.2, 0.25) is 0 Å². The predicted molar refractivity (Wildman–Crippen MR) is 117 cm³/mol. The van der Waals surface area contributed by atoms with Crippen LogP contribution >= 0.6 is 0 Å². The van der Waals surface area contributed by atoms with E-state index < -0.39 is 17.7 Å². The average Bonchev–Trinajstić information content (AvgIpc) is 2.80. The first-order valence-electron chi connectivity index (χ1n) is 10.9. The van der Waals surface area contributed by atoms with Crippen LogP contribution in [0.2, 0.25) is 0 Å². The Morgan fingerprint density at radius 3 is 2.81 bits per heavy atom. The molecule has 5 atom stereocenters. The van der Waals surface area contributed by atoms with E-state index in [0.717, 1.165) is 48.0 Å². The van der Waals surface area contributed by atoms with Crippen molar-refractivity contribution in [3.05, 3.63) is 90.1 Å². The molecule has 1 N–H and O–H groups in total. The first-order valence-corrected chi connectivity index (χ1v) is 10.9. The van der Waals surface area contributed by atoms with Gasteiger partial charge in [-0.05, 0) is 35.7 Å². The number of aliphatic hydroxyl groups is 1. The average molecular weight is 422 g/mol. The zero-order chi connectivity index (χ0) is 21.6. The molecule has 0 unspecified atom stereocenters. The largest absolute Gasteiger partial charge is 0.382 e. The Balaban J connectivity index is 1.55. The molecule has 3 aromatic rings. The van der Waals surface area contributed by atoms with Crippen LogP contribution in [0.5, 0.6) is 0 Å². The quantitative estimate of drug-likeness (QED) is 0.456. The smallest absolute Gasteiger partial charge is 0.159 e. The van der Waals surface area contributed by atoms with E-state index in [4.69, 9.17) is 0 Å². The number of pyridine rings is 1. The molecule has 3 fully saturated rings. The van der Waals surface area contributed by atoms with Crippen LogP contribution in [0.3, 0.4) is 0 Å². The molecule has 0 saturated carbocycles. The highest BCUT2D eigenvalue weighted by Gasteiger charge is 2.54. The van der Waals surface area contributed by atoms with Crippen molar-refractivity contribution in [1.29, 1.82) is 0 Å². The van der Waals surface area contributed by atoms with Gasteiger partial charge in [0.25, 0.3) is 0 Å². The molecule has 3 nitrogen and oxygen atoms in total. The van der Waals surface area contributed by atoms with Gasteiger partial charge in [0.05, 0.1) is 18.6 Å². The van der Waals surface area contributed by atoms with E-state index in [1.807, 2.05) is 36.4 Å². The number of rotatable bonds is 5. The zero-order valence-corrected chi connectivity index (χ0v) is 17.4. The number of piperidine rings is 3. The van der Waals surface area contributed by atoms with E-state index in [2.05, 4.69) is 11.6 Å². The number of hydrogen-bond acceptors (Lipinski definition) is 2. The van der Waals surface area contributed by atoms with Crippen molar-refractivity contribution in [3.63, 3.8) is 0 Å². The topological polar surface area (TPSA) is 33.1 Å². The monoisotopic (exact) mass is 421 g/mol. The van der Waals surface area contributed by atoms with E-state index in [1.54, 1.807) is 12.3 Å². The number of benzene rings is 2. The summed E-state index contributed by atoms with van der Waals surface area (Å²) in [5, 5.41) is 12.6. The lowest BCUT2D eigenvalue weighted by Gasteiger charge is -2.58. The Kier molecular flexibility index (Phi) is 5.11. The third-order valence-electron chi connectivity index (χ3n) is 7.52. The number of nitrogens with zero attached hydrogens (tertiary/aromatic N) is 2. The van der Waals surface area contributed by atoms with Crippen molar-refractivity contribution >= 4 is 10.9 Å². The normalized spacial score (nSPS) is 28.5. The fourth-order valence-electron chi connectivity index (χ4n) is 5.97. The van der Waals surface area contributed by atoms with Crippen molar-refractivity contribution in [1.82, 2.24) is 4.98 Å². The molecule has 3 aliphatic heterocycles. The Labute approximate surface area is 181 Å². The maximum absolute atomic E-state index is 14.0. The minimum Gasteiger partial charge on any atom is -0.382 e. The van der Waals surface area contributed by atoms with Crippen LogP contribution in [0.1, 0.15) is 30.1 Å². The summed E-state index contributed by atoms with van der Waals surface area (Å²) in [7, 11) is 0. The van der Waals surface area contributed by atoms with E-state index in [1.165, 1.54) is 12.1 Å². The number of aromatic nitrogens is 1. The van der Waals surface area contributed by atoms with Crippen LogP contribution in [0.15, 0.2) is 67.4 Å². The molecule has 6 rings (SSSR count). The molecule has 0 spiro atoms. The van der Waals surface area contributed by atoms with Gasteiger partial charge in [-0.3, -0.25) is 4.98 Å². The summed E-state index contributed by atoms with van der Waals surface area (Å²) in [6.45, 7) is 6.39. The highest BCUT2D eigenvalue weighted by atomic mass is 19.2. The van der Waals surface area contributed by atoms with Gasteiger partial charge in [-0.2, -0.15) is 0 Å². The molecule has 0 aliphatic carbocycles. The molecule has 4 heterocycles. The predicted octanol–water partition coefficient (Wildman–Crippen LogP) is 5.16. The van der Waals surface area contributed by atoms with Gasteiger partial charge in [0, 0.05) is 35.9 Å². The van der Waals surface area contributed by atoms with Crippen molar-refractivity contribution in [3.8, 4) is 0 Å². The number of hydrogen-bond donors (Lipinski definition) is 1. The molecule has 3 aliphatic rings. The fraction of sp³-hybridized carbons (Fsp3) is 0.346.